The molecule has 1 saturated heterocycles. The number of benzene rings is 2. The van der Waals surface area contributed by atoms with E-state index >= 15 is 0 Å². The highest BCUT2D eigenvalue weighted by atomic mass is 16.6. The molecule has 3 amide bonds. The molecular weight excluding hydrogens is 622 g/mol. The largest absolute Gasteiger partial charge is 0.466 e. The number of piperazine rings is 1. The Bertz CT molecular complexity index is 1560. The average Bonchev–Trinajstić information content (AvgIpc) is 3.50. The van der Waals surface area contributed by atoms with Crippen LogP contribution in [0, 0.1) is 0 Å². The molecule has 3 aromatic rings. The number of hydrogen-bond donors (Lipinski definition) is 1. The number of nitrogens with one attached hydrogen (secondary N) is 1. The van der Waals surface area contributed by atoms with Gasteiger partial charge in [-0.15, -0.1) is 0 Å². The molecule has 2 aromatic carbocycles. The Balaban J connectivity index is 1.50. The first-order valence-corrected chi connectivity index (χ1v) is 15.6. The molecule has 4 rings (SSSR count). The predicted molar refractivity (Wildman–Crippen MR) is 172 cm³/mol. The molecule has 0 unspecified atom stereocenters. The Kier molecular flexibility index (Phi) is 12.1. The highest BCUT2D eigenvalue weighted by Gasteiger charge is 2.34. The summed E-state index contributed by atoms with van der Waals surface area (Å²) in [6.45, 7) is 7.47. The summed E-state index contributed by atoms with van der Waals surface area (Å²) in [5.74, 6) is -2.50. The van der Waals surface area contributed by atoms with Crippen LogP contribution in [0.15, 0.2) is 66.7 Å². The van der Waals surface area contributed by atoms with Gasteiger partial charge in [-0.25, -0.2) is 14.3 Å². The molecule has 48 heavy (non-hydrogen) atoms. The van der Waals surface area contributed by atoms with Crippen LogP contribution in [-0.2, 0) is 35.2 Å². The molecule has 256 valence electrons. The summed E-state index contributed by atoms with van der Waals surface area (Å²) in [5.41, 5.74) is 0.421. The van der Waals surface area contributed by atoms with Gasteiger partial charge in [-0.3, -0.25) is 14.4 Å². The van der Waals surface area contributed by atoms with Crippen molar-refractivity contribution < 1.29 is 42.9 Å². The molecule has 0 bridgehead atoms. The highest BCUT2D eigenvalue weighted by Crippen LogP contribution is 2.21. The molecule has 1 aliphatic rings. The summed E-state index contributed by atoms with van der Waals surface area (Å²) in [7, 11) is 0. The van der Waals surface area contributed by atoms with Crippen LogP contribution in [0.4, 0.5) is 4.79 Å². The van der Waals surface area contributed by atoms with E-state index in [0.29, 0.717) is 5.69 Å². The predicted octanol–water partition coefficient (Wildman–Crippen LogP) is 3.13. The van der Waals surface area contributed by atoms with E-state index in [1.165, 1.54) is 20.5 Å². The minimum Gasteiger partial charge on any atom is -0.466 e. The third-order valence-electron chi connectivity index (χ3n) is 7.00. The van der Waals surface area contributed by atoms with Gasteiger partial charge in [0, 0.05) is 32.2 Å². The van der Waals surface area contributed by atoms with E-state index in [-0.39, 0.29) is 51.0 Å². The lowest BCUT2D eigenvalue weighted by atomic mass is 10.1. The van der Waals surface area contributed by atoms with E-state index in [9.17, 15) is 24.0 Å². The SMILES string of the molecule is CCOC(=O)N1CCN(C(=O)[C@H](CC(=O)OC(C)(C)C)NC(=O)c2cc(OCC(=O)OCc3ccccc3)n(-c3ccccc3)n2)CC1. The van der Waals surface area contributed by atoms with E-state index in [1.54, 1.807) is 52.0 Å². The lowest BCUT2D eigenvalue weighted by molar-refractivity contribution is -0.157. The number of para-hydroxylation sites is 1. The molecule has 1 aromatic heterocycles. The summed E-state index contributed by atoms with van der Waals surface area (Å²) in [6, 6.07) is 18.0. The van der Waals surface area contributed by atoms with Gasteiger partial charge in [-0.1, -0.05) is 48.5 Å². The number of esters is 2. The van der Waals surface area contributed by atoms with E-state index in [1.807, 2.05) is 36.4 Å². The number of amides is 3. The minimum absolute atomic E-state index is 0.0690. The van der Waals surface area contributed by atoms with E-state index in [4.69, 9.17) is 18.9 Å². The zero-order valence-electron chi connectivity index (χ0n) is 27.5. The molecule has 1 fully saturated rings. The Morgan fingerprint density at radius 1 is 0.854 bits per heavy atom. The van der Waals surface area contributed by atoms with Crippen LogP contribution in [-0.4, -0.2) is 100 Å². The molecule has 1 aliphatic heterocycles. The maximum Gasteiger partial charge on any atom is 0.409 e. The molecule has 2 heterocycles. The second-order valence-corrected chi connectivity index (χ2v) is 11.9. The van der Waals surface area contributed by atoms with Crippen molar-refractivity contribution in [1.82, 2.24) is 24.9 Å². The van der Waals surface area contributed by atoms with E-state index in [2.05, 4.69) is 10.4 Å². The first-order chi connectivity index (χ1) is 22.9. The van der Waals surface area contributed by atoms with E-state index < -0.39 is 54.5 Å². The van der Waals surface area contributed by atoms with E-state index in [0.717, 1.165) is 5.56 Å². The number of aromatic nitrogens is 2. The van der Waals surface area contributed by atoms with Crippen LogP contribution in [0.1, 0.15) is 50.2 Å². The number of hydrogen-bond acceptors (Lipinski definition) is 10. The summed E-state index contributed by atoms with van der Waals surface area (Å²) in [6.07, 6.45) is -0.907. The Hall–Kier alpha value is -5.40. The van der Waals surface area contributed by atoms with Crippen LogP contribution in [0.5, 0.6) is 5.88 Å². The molecule has 14 heteroatoms. The summed E-state index contributed by atoms with van der Waals surface area (Å²) in [4.78, 5) is 67.7. The van der Waals surface area contributed by atoms with Gasteiger partial charge in [0.25, 0.3) is 5.91 Å². The van der Waals surface area contributed by atoms with Gasteiger partial charge in [-0.2, -0.15) is 5.10 Å². The van der Waals surface area contributed by atoms with Crippen molar-refractivity contribution in [1.29, 1.82) is 0 Å². The van der Waals surface area contributed by atoms with Crippen LogP contribution in [0.3, 0.4) is 0 Å². The van der Waals surface area contributed by atoms with Crippen molar-refractivity contribution in [3.63, 3.8) is 0 Å². The molecule has 1 N–H and O–H groups in total. The third kappa shape index (κ3) is 10.3. The first kappa shape index (κ1) is 35.5. The van der Waals surface area contributed by atoms with Gasteiger partial charge in [0.2, 0.25) is 11.8 Å². The molecule has 1 atom stereocenters. The Morgan fingerprint density at radius 2 is 1.48 bits per heavy atom. The monoisotopic (exact) mass is 663 g/mol. The topological polar surface area (TPSA) is 159 Å². The Labute approximate surface area is 278 Å². The highest BCUT2D eigenvalue weighted by molar-refractivity contribution is 5.97. The van der Waals surface area contributed by atoms with Gasteiger partial charge in [-0.05, 0) is 45.4 Å². The fourth-order valence-electron chi connectivity index (χ4n) is 4.77. The van der Waals surface area contributed by atoms with Gasteiger partial charge >= 0.3 is 18.0 Å². The van der Waals surface area contributed by atoms with Crippen molar-refractivity contribution in [3.8, 4) is 11.6 Å². The van der Waals surface area contributed by atoms with Gasteiger partial charge in [0.05, 0.1) is 18.7 Å². The van der Waals surface area contributed by atoms with Crippen LogP contribution < -0.4 is 10.1 Å². The number of carbonyl (C=O) groups is 5. The summed E-state index contributed by atoms with van der Waals surface area (Å²) < 4.78 is 22.9. The maximum atomic E-state index is 13.7. The fourth-order valence-corrected chi connectivity index (χ4v) is 4.77. The van der Waals surface area contributed by atoms with Gasteiger partial charge in [0.1, 0.15) is 18.2 Å². The van der Waals surface area contributed by atoms with Crippen molar-refractivity contribution >= 4 is 29.8 Å². The summed E-state index contributed by atoms with van der Waals surface area (Å²) in [5, 5.41) is 7.03. The number of rotatable bonds is 12. The fraction of sp³-hybridized carbons (Fsp3) is 0.412. The number of carbonyl (C=O) groups excluding carboxylic acids is 5. The lowest BCUT2D eigenvalue weighted by Gasteiger charge is -2.35. The van der Waals surface area contributed by atoms with Crippen molar-refractivity contribution in [2.75, 3.05) is 39.4 Å². The van der Waals surface area contributed by atoms with Crippen LogP contribution in [0.2, 0.25) is 0 Å². The maximum absolute atomic E-state index is 13.7. The van der Waals surface area contributed by atoms with Crippen molar-refractivity contribution in [2.45, 2.75) is 52.4 Å². The minimum atomic E-state index is -1.29. The summed E-state index contributed by atoms with van der Waals surface area (Å²) >= 11 is 0. The average molecular weight is 664 g/mol. The molecule has 14 nitrogen and oxygen atoms in total. The Morgan fingerprint density at radius 3 is 2.10 bits per heavy atom. The van der Waals surface area contributed by atoms with Gasteiger partial charge in [0.15, 0.2) is 12.3 Å². The lowest BCUT2D eigenvalue weighted by Crippen LogP contribution is -2.56. The number of nitrogens with zero attached hydrogens (tertiary/aromatic N) is 4. The molecule has 0 saturated carbocycles. The van der Waals surface area contributed by atoms with Crippen LogP contribution >= 0.6 is 0 Å². The third-order valence-corrected chi connectivity index (χ3v) is 7.00. The first-order valence-electron chi connectivity index (χ1n) is 15.6. The zero-order chi connectivity index (χ0) is 34.7. The van der Waals surface area contributed by atoms with Gasteiger partial charge < -0.3 is 34.1 Å². The smallest absolute Gasteiger partial charge is 0.409 e. The quantitative estimate of drug-likeness (QED) is 0.225. The second-order valence-electron chi connectivity index (χ2n) is 11.9. The number of ether oxygens (including phenoxy) is 4. The zero-order valence-corrected chi connectivity index (χ0v) is 27.5. The normalized spacial score (nSPS) is 13.7. The second kappa shape index (κ2) is 16.4. The molecule has 0 aliphatic carbocycles. The molecular formula is C34H41N5O9. The molecule has 0 spiro atoms. The van der Waals surface area contributed by atoms with Crippen molar-refractivity contribution in [2.24, 2.45) is 0 Å². The molecule has 0 radical (unpaired) electrons. The van der Waals surface area contributed by atoms with Crippen molar-refractivity contribution in [3.05, 3.63) is 78.0 Å². The standard InChI is InChI=1S/C34H41N5O9/c1-5-45-33(44)38-18-16-37(17-19-38)32(43)27(21-29(40)48-34(2,3)4)35-31(42)26-20-28(39(36-26)25-14-10-7-11-15-25)46-23-30(41)47-22-24-12-8-6-9-13-24/h6-15,20,27H,5,16-19,21-23H2,1-4H3,(H,35,42)/t27-/m0/s1. The van der Waals surface area contributed by atoms with Crippen LogP contribution in [0.25, 0.3) is 5.69 Å².